The van der Waals surface area contributed by atoms with Gasteiger partial charge in [0.1, 0.15) is 0 Å². The van der Waals surface area contributed by atoms with Gasteiger partial charge in [0, 0.05) is 29.8 Å². The van der Waals surface area contributed by atoms with Gasteiger partial charge in [0.2, 0.25) is 0 Å². The molecule has 28 heavy (non-hydrogen) atoms. The summed E-state index contributed by atoms with van der Waals surface area (Å²) < 4.78 is 41.9. The van der Waals surface area contributed by atoms with Gasteiger partial charge in [0.15, 0.2) is 0 Å². The second-order valence-corrected chi connectivity index (χ2v) is 7.02. The highest BCUT2D eigenvalue weighted by molar-refractivity contribution is 8.00. The highest BCUT2D eigenvalue weighted by atomic mass is 35.5. The Morgan fingerprint density at radius 1 is 1.11 bits per heavy atom. The van der Waals surface area contributed by atoms with Crippen LogP contribution in [0.3, 0.4) is 0 Å². The van der Waals surface area contributed by atoms with E-state index in [1.165, 1.54) is 49.6 Å². The van der Waals surface area contributed by atoms with Crippen molar-refractivity contribution >= 4 is 40.9 Å². The maximum Gasteiger partial charge on any atom is 0.446 e. The maximum atomic E-state index is 12.3. The summed E-state index contributed by atoms with van der Waals surface area (Å²) >= 11 is 5.84. The van der Waals surface area contributed by atoms with Gasteiger partial charge in [-0.25, -0.2) is 0 Å². The van der Waals surface area contributed by atoms with Crippen molar-refractivity contribution in [2.45, 2.75) is 10.4 Å². The van der Waals surface area contributed by atoms with Gasteiger partial charge in [-0.05, 0) is 54.2 Å². The molecule has 2 aromatic rings. The highest BCUT2D eigenvalue weighted by Gasteiger charge is 2.29. The number of anilines is 1. The van der Waals surface area contributed by atoms with Crippen molar-refractivity contribution in [1.82, 2.24) is 5.32 Å². The van der Waals surface area contributed by atoms with Crippen LogP contribution in [-0.2, 0) is 4.74 Å². The minimum Gasteiger partial charge on any atom is -0.383 e. The van der Waals surface area contributed by atoms with Crippen LogP contribution >= 0.6 is 23.4 Å². The molecule has 0 saturated heterocycles. The number of hydrogen-bond donors (Lipinski definition) is 2. The van der Waals surface area contributed by atoms with E-state index in [1.807, 2.05) is 0 Å². The summed E-state index contributed by atoms with van der Waals surface area (Å²) in [5.74, 6) is -0.894. The molecule has 5 nitrogen and oxygen atoms in total. The summed E-state index contributed by atoms with van der Waals surface area (Å²) in [5.41, 5.74) is -3.62. The number of methoxy groups -OCH3 is 1. The molecule has 0 aliphatic rings. The van der Waals surface area contributed by atoms with Gasteiger partial charge in [0.05, 0.1) is 17.2 Å². The van der Waals surface area contributed by atoms with Crippen LogP contribution in [0.1, 0.15) is 20.7 Å². The average molecular weight is 433 g/mol. The number of thioether (sulfide) groups is 1. The first-order chi connectivity index (χ1) is 13.2. The Kier molecular flexibility index (Phi) is 7.73. The van der Waals surface area contributed by atoms with Gasteiger partial charge < -0.3 is 15.4 Å². The molecule has 0 aliphatic carbocycles. The zero-order valence-electron chi connectivity index (χ0n) is 14.6. The zero-order valence-corrected chi connectivity index (χ0v) is 16.2. The molecule has 0 spiro atoms. The molecule has 2 aromatic carbocycles. The van der Waals surface area contributed by atoms with Crippen molar-refractivity contribution in [1.29, 1.82) is 0 Å². The van der Waals surface area contributed by atoms with Crippen LogP contribution in [0.15, 0.2) is 47.4 Å². The Hall–Kier alpha value is -2.23. The molecular formula is C18H16ClF3N2O3S. The van der Waals surface area contributed by atoms with Crippen LogP contribution in [0.25, 0.3) is 0 Å². The lowest BCUT2D eigenvalue weighted by atomic mass is 10.1. The summed E-state index contributed by atoms with van der Waals surface area (Å²) in [6.45, 7) is 0.685. The molecule has 2 rings (SSSR count). The van der Waals surface area contributed by atoms with Crippen LogP contribution in [0.5, 0.6) is 0 Å². The Morgan fingerprint density at radius 3 is 2.36 bits per heavy atom. The number of hydrogen-bond acceptors (Lipinski definition) is 4. The van der Waals surface area contributed by atoms with E-state index in [1.54, 1.807) is 0 Å². The molecule has 10 heteroatoms. The van der Waals surface area contributed by atoms with Crippen LogP contribution in [0.2, 0.25) is 5.02 Å². The number of alkyl halides is 3. The Morgan fingerprint density at radius 2 is 1.79 bits per heavy atom. The van der Waals surface area contributed by atoms with Crippen molar-refractivity contribution in [3.8, 4) is 0 Å². The predicted octanol–water partition coefficient (Wildman–Crippen LogP) is 4.58. The lowest BCUT2D eigenvalue weighted by Crippen LogP contribution is -2.27. The van der Waals surface area contributed by atoms with Crippen LogP contribution in [0, 0.1) is 0 Å². The molecule has 0 fully saturated rings. The van der Waals surface area contributed by atoms with Gasteiger partial charge in [-0.1, -0.05) is 11.6 Å². The van der Waals surface area contributed by atoms with E-state index in [2.05, 4.69) is 10.6 Å². The van der Waals surface area contributed by atoms with Gasteiger partial charge in [-0.3, -0.25) is 9.59 Å². The van der Waals surface area contributed by atoms with E-state index in [0.29, 0.717) is 18.8 Å². The normalized spacial score (nSPS) is 11.2. The number of carbonyl (C=O) groups excluding carboxylic acids is 2. The Labute approximate surface area is 168 Å². The predicted molar refractivity (Wildman–Crippen MR) is 102 cm³/mol. The van der Waals surface area contributed by atoms with E-state index in [-0.39, 0.29) is 38.7 Å². The van der Waals surface area contributed by atoms with E-state index in [0.717, 1.165) is 0 Å². The number of ether oxygens (including phenoxy) is 1. The lowest BCUT2D eigenvalue weighted by molar-refractivity contribution is -0.0328. The molecule has 0 aliphatic heterocycles. The average Bonchev–Trinajstić information content (AvgIpc) is 2.61. The first kappa shape index (κ1) is 22.1. The Bertz CT molecular complexity index is 845. The Balaban J connectivity index is 2.02. The fraction of sp³-hybridized carbons (Fsp3) is 0.222. The van der Waals surface area contributed by atoms with Crippen molar-refractivity contribution in [3.05, 3.63) is 58.6 Å². The topological polar surface area (TPSA) is 67.4 Å². The first-order valence-electron chi connectivity index (χ1n) is 7.93. The molecule has 0 bridgehead atoms. The first-order valence-corrected chi connectivity index (χ1v) is 9.13. The maximum absolute atomic E-state index is 12.3. The van der Waals surface area contributed by atoms with Gasteiger partial charge in [-0.15, -0.1) is 0 Å². The quantitative estimate of drug-likeness (QED) is 0.496. The number of rotatable bonds is 7. The molecule has 0 unspecified atom stereocenters. The molecule has 0 aromatic heterocycles. The third-order valence-electron chi connectivity index (χ3n) is 3.41. The minimum atomic E-state index is -4.39. The molecule has 0 heterocycles. The molecule has 0 saturated carbocycles. The van der Waals surface area contributed by atoms with Crippen molar-refractivity contribution < 1.29 is 27.5 Å². The van der Waals surface area contributed by atoms with Crippen molar-refractivity contribution in [2.75, 3.05) is 25.6 Å². The third kappa shape index (κ3) is 6.74. The summed E-state index contributed by atoms with van der Waals surface area (Å²) in [6.07, 6.45) is 0. The molecular weight excluding hydrogens is 417 g/mol. The minimum absolute atomic E-state index is 0.0177. The van der Waals surface area contributed by atoms with Crippen molar-refractivity contribution in [3.63, 3.8) is 0 Å². The summed E-state index contributed by atoms with van der Waals surface area (Å²) in [4.78, 5) is 24.2. The number of amides is 2. The van der Waals surface area contributed by atoms with Crippen LogP contribution < -0.4 is 10.6 Å². The third-order valence-corrected chi connectivity index (χ3v) is 4.47. The smallest absolute Gasteiger partial charge is 0.383 e. The second kappa shape index (κ2) is 9.81. The van der Waals surface area contributed by atoms with E-state index < -0.39 is 11.4 Å². The molecule has 0 radical (unpaired) electrons. The fourth-order valence-electron chi connectivity index (χ4n) is 2.15. The van der Waals surface area contributed by atoms with Crippen LogP contribution in [-0.4, -0.2) is 37.6 Å². The number of benzene rings is 2. The van der Waals surface area contributed by atoms with Gasteiger partial charge in [-0.2, -0.15) is 13.2 Å². The van der Waals surface area contributed by atoms with Crippen LogP contribution in [0.4, 0.5) is 18.9 Å². The molecule has 0 atom stereocenters. The van der Waals surface area contributed by atoms with E-state index in [4.69, 9.17) is 16.3 Å². The van der Waals surface area contributed by atoms with Gasteiger partial charge >= 0.3 is 5.51 Å². The number of nitrogens with one attached hydrogen (secondary N) is 2. The number of halogens is 4. The fourth-order valence-corrected chi connectivity index (χ4v) is 2.96. The standard InChI is InChI=1S/C18H16ClF3N2O3S/c1-27-9-8-23-17(26)14-7-4-12(10-15(14)19)24-16(25)11-2-5-13(6-3-11)28-18(20,21)22/h2-7,10H,8-9H2,1H3,(H,23,26)(H,24,25). The lowest BCUT2D eigenvalue weighted by Gasteiger charge is -2.10. The molecule has 2 amide bonds. The summed E-state index contributed by atoms with van der Waals surface area (Å²) in [6, 6.07) is 9.40. The van der Waals surface area contributed by atoms with Crippen molar-refractivity contribution in [2.24, 2.45) is 0 Å². The zero-order chi connectivity index (χ0) is 20.7. The molecule has 2 N–H and O–H groups in total. The van der Waals surface area contributed by atoms with Gasteiger partial charge in [0.25, 0.3) is 11.8 Å². The highest BCUT2D eigenvalue weighted by Crippen LogP contribution is 2.36. The summed E-state index contributed by atoms with van der Waals surface area (Å²) in [7, 11) is 1.51. The number of carbonyl (C=O) groups is 2. The summed E-state index contributed by atoms with van der Waals surface area (Å²) in [5, 5.41) is 5.35. The van der Waals surface area contributed by atoms with E-state index in [9.17, 15) is 22.8 Å². The molecule has 150 valence electrons. The monoisotopic (exact) mass is 432 g/mol. The largest absolute Gasteiger partial charge is 0.446 e. The SMILES string of the molecule is COCCNC(=O)c1ccc(NC(=O)c2ccc(SC(F)(F)F)cc2)cc1Cl. The van der Waals surface area contributed by atoms with E-state index >= 15 is 0 Å². The second-order valence-electron chi connectivity index (χ2n) is 5.47.